The zero-order chi connectivity index (χ0) is 31.5. The van der Waals surface area contributed by atoms with E-state index in [0.29, 0.717) is 18.0 Å². The Morgan fingerprint density at radius 1 is 0.773 bits per heavy atom. The monoisotopic (exact) mass is 615 g/mol. The lowest BCUT2D eigenvalue weighted by Crippen LogP contribution is -2.53. The molecular formula is C34H37N3O6S. The molecule has 0 aliphatic rings. The van der Waals surface area contributed by atoms with Crippen molar-refractivity contribution >= 4 is 27.5 Å². The van der Waals surface area contributed by atoms with Crippen LogP contribution in [0.1, 0.15) is 18.1 Å². The lowest BCUT2D eigenvalue weighted by Gasteiger charge is -2.34. The van der Waals surface area contributed by atoms with E-state index in [1.54, 1.807) is 67.8 Å². The molecule has 1 unspecified atom stereocenters. The molecule has 0 fully saturated rings. The zero-order valence-corrected chi connectivity index (χ0v) is 25.9. The Morgan fingerprint density at radius 2 is 1.39 bits per heavy atom. The fourth-order valence-corrected chi connectivity index (χ4v) is 6.25. The molecule has 2 amide bonds. The number of amides is 2. The lowest BCUT2D eigenvalue weighted by atomic mass is 10.0. The van der Waals surface area contributed by atoms with E-state index in [4.69, 9.17) is 9.47 Å². The van der Waals surface area contributed by atoms with Crippen molar-refractivity contribution in [3.8, 4) is 11.5 Å². The number of carbonyl (C=O) groups excluding carboxylic acids is 2. The molecule has 1 N–H and O–H groups in total. The van der Waals surface area contributed by atoms with Crippen molar-refractivity contribution in [2.75, 3.05) is 31.6 Å². The molecule has 0 aromatic heterocycles. The second-order valence-corrected chi connectivity index (χ2v) is 11.9. The molecule has 0 aliphatic heterocycles. The van der Waals surface area contributed by atoms with Crippen molar-refractivity contribution in [2.24, 2.45) is 0 Å². The second kappa shape index (κ2) is 15.1. The summed E-state index contributed by atoms with van der Waals surface area (Å²) in [6.45, 7) is 1.68. The van der Waals surface area contributed by atoms with Crippen molar-refractivity contribution in [1.82, 2.24) is 10.2 Å². The van der Waals surface area contributed by atoms with Crippen LogP contribution in [-0.4, -0.2) is 58.5 Å². The predicted octanol–water partition coefficient (Wildman–Crippen LogP) is 4.68. The van der Waals surface area contributed by atoms with Crippen LogP contribution in [0, 0.1) is 0 Å². The van der Waals surface area contributed by atoms with Gasteiger partial charge in [0.1, 0.15) is 24.1 Å². The van der Waals surface area contributed by atoms with Gasteiger partial charge in [0.25, 0.3) is 10.0 Å². The van der Waals surface area contributed by atoms with E-state index in [1.165, 1.54) is 24.1 Å². The van der Waals surface area contributed by atoms with Crippen LogP contribution in [0.4, 0.5) is 5.69 Å². The van der Waals surface area contributed by atoms with Crippen molar-refractivity contribution in [3.63, 3.8) is 0 Å². The van der Waals surface area contributed by atoms with Crippen molar-refractivity contribution in [3.05, 3.63) is 120 Å². The molecule has 0 bridgehead atoms. The molecule has 4 rings (SSSR count). The Kier molecular flexibility index (Phi) is 11.0. The van der Waals surface area contributed by atoms with Crippen LogP contribution >= 0.6 is 0 Å². The third kappa shape index (κ3) is 7.96. The molecule has 0 spiro atoms. The summed E-state index contributed by atoms with van der Waals surface area (Å²) in [6.07, 6.45) is 0.232. The van der Waals surface area contributed by atoms with Gasteiger partial charge in [0, 0.05) is 19.5 Å². The summed E-state index contributed by atoms with van der Waals surface area (Å²) in [7, 11) is -1.11. The maximum absolute atomic E-state index is 14.4. The number of hydrogen-bond donors (Lipinski definition) is 1. The van der Waals surface area contributed by atoms with Crippen molar-refractivity contribution in [2.45, 2.75) is 30.8 Å². The summed E-state index contributed by atoms with van der Waals surface area (Å²) >= 11 is 0. The number of benzene rings is 4. The molecule has 0 heterocycles. The smallest absolute Gasteiger partial charge is 0.264 e. The number of rotatable bonds is 14. The number of ether oxygens (including phenoxy) is 2. The minimum Gasteiger partial charge on any atom is -0.497 e. The van der Waals surface area contributed by atoms with Gasteiger partial charge in [-0.15, -0.1) is 0 Å². The van der Waals surface area contributed by atoms with E-state index in [-0.39, 0.29) is 29.5 Å². The molecule has 4 aromatic rings. The third-order valence-electron chi connectivity index (χ3n) is 7.08. The highest BCUT2D eigenvalue weighted by atomic mass is 32.2. The quantitative estimate of drug-likeness (QED) is 0.221. The first-order chi connectivity index (χ1) is 21.3. The minimum absolute atomic E-state index is 0.0347. The average Bonchev–Trinajstić information content (AvgIpc) is 3.06. The van der Waals surface area contributed by atoms with E-state index in [2.05, 4.69) is 5.32 Å². The highest BCUT2D eigenvalue weighted by Gasteiger charge is 2.34. The van der Waals surface area contributed by atoms with E-state index in [0.717, 1.165) is 15.4 Å². The van der Waals surface area contributed by atoms with Gasteiger partial charge in [-0.05, 0) is 66.6 Å². The van der Waals surface area contributed by atoms with Crippen LogP contribution in [0.5, 0.6) is 11.5 Å². The normalized spacial score (nSPS) is 11.7. The van der Waals surface area contributed by atoms with Crippen LogP contribution in [0.15, 0.2) is 114 Å². The molecular weight excluding hydrogens is 578 g/mol. The fourth-order valence-electron chi connectivity index (χ4n) is 4.81. The Hall–Kier alpha value is -4.83. The molecule has 0 saturated heterocycles. The molecule has 9 nitrogen and oxygen atoms in total. The summed E-state index contributed by atoms with van der Waals surface area (Å²) in [5, 5.41) is 2.86. The molecule has 0 radical (unpaired) electrons. The highest BCUT2D eigenvalue weighted by molar-refractivity contribution is 7.92. The first kappa shape index (κ1) is 32.1. The highest BCUT2D eigenvalue weighted by Crippen LogP contribution is 2.27. The summed E-state index contributed by atoms with van der Waals surface area (Å²) in [5.74, 6) is 0.250. The SMILES string of the molecule is CCNC(=O)C(Cc1ccccc1)N(Cc1cccc(OC)c1)C(=O)CN(c1ccc(OC)cc1)S(=O)(=O)c1ccccc1. The fraction of sp³-hybridized carbons (Fsp3) is 0.235. The molecule has 0 aliphatic carbocycles. The number of sulfonamides is 1. The standard InChI is InChI=1S/C34H37N3O6S/c1-4-35-34(39)32(23-26-12-7-5-8-13-26)36(24-27-14-11-15-30(22-27)43-3)33(38)25-37(28-18-20-29(42-2)21-19-28)44(40,41)31-16-9-6-10-17-31/h5-22,32H,4,23-25H2,1-3H3,(H,35,39). The van der Waals surface area contributed by atoms with Crippen LogP contribution in [0.25, 0.3) is 0 Å². The molecule has 44 heavy (non-hydrogen) atoms. The molecule has 4 aromatic carbocycles. The summed E-state index contributed by atoms with van der Waals surface area (Å²) in [4.78, 5) is 29.5. The molecule has 230 valence electrons. The average molecular weight is 616 g/mol. The van der Waals surface area contributed by atoms with Gasteiger partial charge in [-0.3, -0.25) is 13.9 Å². The first-order valence-electron chi connectivity index (χ1n) is 14.2. The van der Waals surface area contributed by atoms with Crippen molar-refractivity contribution < 1.29 is 27.5 Å². The van der Waals surface area contributed by atoms with Gasteiger partial charge in [0.2, 0.25) is 11.8 Å². The Bertz CT molecular complexity index is 1630. The first-order valence-corrected chi connectivity index (χ1v) is 15.7. The largest absolute Gasteiger partial charge is 0.497 e. The second-order valence-electron chi connectivity index (χ2n) is 10.00. The van der Waals surface area contributed by atoms with Crippen LogP contribution in [-0.2, 0) is 32.6 Å². The molecule has 0 saturated carbocycles. The number of anilines is 1. The van der Waals surface area contributed by atoms with Crippen LogP contribution in [0.3, 0.4) is 0 Å². The van der Waals surface area contributed by atoms with Gasteiger partial charge in [-0.2, -0.15) is 0 Å². The Morgan fingerprint density at radius 3 is 2.00 bits per heavy atom. The van der Waals surface area contributed by atoms with E-state index >= 15 is 0 Å². The van der Waals surface area contributed by atoms with Gasteiger partial charge in [0.15, 0.2) is 0 Å². The number of carbonyl (C=O) groups is 2. The summed E-state index contributed by atoms with van der Waals surface area (Å²) in [6, 6.07) is 30.1. The van der Waals surface area contributed by atoms with E-state index in [9.17, 15) is 18.0 Å². The predicted molar refractivity (Wildman–Crippen MR) is 170 cm³/mol. The van der Waals surface area contributed by atoms with Crippen LogP contribution < -0.4 is 19.1 Å². The van der Waals surface area contributed by atoms with E-state index in [1.807, 2.05) is 43.3 Å². The zero-order valence-electron chi connectivity index (χ0n) is 25.1. The molecule has 10 heteroatoms. The number of nitrogens with zero attached hydrogens (tertiary/aromatic N) is 2. The maximum atomic E-state index is 14.4. The van der Waals surface area contributed by atoms with Gasteiger partial charge in [0.05, 0.1) is 24.8 Å². The van der Waals surface area contributed by atoms with Gasteiger partial charge in [-0.1, -0.05) is 60.7 Å². The molecule has 1 atom stereocenters. The van der Waals surface area contributed by atoms with Crippen molar-refractivity contribution in [1.29, 1.82) is 0 Å². The lowest BCUT2D eigenvalue weighted by molar-refractivity contribution is -0.140. The van der Waals surface area contributed by atoms with Crippen LogP contribution in [0.2, 0.25) is 0 Å². The number of hydrogen-bond acceptors (Lipinski definition) is 6. The van der Waals surface area contributed by atoms with Gasteiger partial charge >= 0.3 is 0 Å². The number of methoxy groups -OCH3 is 2. The Balaban J connectivity index is 1.79. The Labute approximate surface area is 259 Å². The summed E-state index contributed by atoms with van der Waals surface area (Å²) in [5.41, 5.74) is 1.86. The number of likely N-dealkylation sites (N-methyl/N-ethyl adjacent to an activating group) is 1. The van der Waals surface area contributed by atoms with Gasteiger partial charge in [-0.25, -0.2) is 8.42 Å². The van der Waals surface area contributed by atoms with Gasteiger partial charge < -0.3 is 19.7 Å². The van der Waals surface area contributed by atoms with E-state index < -0.39 is 28.5 Å². The maximum Gasteiger partial charge on any atom is 0.264 e. The number of nitrogens with one attached hydrogen (secondary N) is 1. The summed E-state index contributed by atoms with van der Waals surface area (Å²) < 4.78 is 39.8. The third-order valence-corrected chi connectivity index (χ3v) is 8.87. The minimum atomic E-state index is -4.18. The topological polar surface area (TPSA) is 105 Å².